The van der Waals surface area contributed by atoms with Gasteiger partial charge in [-0.25, -0.2) is 19.9 Å². The first-order valence-electron chi connectivity index (χ1n) is 16.5. The third-order valence-electron chi connectivity index (χ3n) is 9.16. The van der Waals surface area contributed by atoms with Crippen molar-refractivity contribution >= 4 is 53.4 Å². The average Bonchev–Trinajstić information content (AvgIpc) is 3.80. The average molecular weight is 659 g/mol. The fraction of sp³-hybridized carbons (Fsp3) is 0. The van der Waals surface area contributed by atoms with Gasteiger partial charge in [-0.05, 0) is 46.7 Å². The van der Waals surface area contributed by atoms with Gasteiger partial charge in [0.1, 0.15) is 5.52 Å². The third kappa shape index (κ3) is 4.77. The Morgan fingerprint density at radius 2 is 1.08 bits per heavy atom. The lowest BCUT2D eigenvalue weighted by atomic mass is 9.96. The summed E-state index contributed by atoms with van der Waals surface area (Å²) in [7, 11) is 0. The summed E-state index contributed by atoms with van der Waals surface area (Å²) in [5.74, 6) is 2.55. The SMILES string of the molecule is c1ccc(-c2nc(-c3ccccc3)nc(-c3cccc4cc(-c5cc6oc(-c7ccccc7)nc6c6c5sc5ccccc56)ccc34)n2)cc1. The molecule has 6 heteroatoms. The van der Waals surface area contributed by atoms with Gasteiger partial charge in [-0.15, -0.1) is 11.3 Å². The van der Waals surface area contributed by atoms with E-state index in [9.17, 15) is 0 Å². The second kappa shape index (κ2) is 11.6. The lowest BCUT2D eigenvalue weighted by molar-refractivity contribution is 0.620. The van der Waals surface area contributed by atoms with E-state index in [0.29, 0.717) is 23.4 Å². The Hall–Kier alpha value is -6.50. The number of rotatable bonds is 5. The smallest absolute Gasteiger partial charge is 0.227 e. The summed E-state index contributed by atoms with van der Waals surface area (Å²) in [5.41, 5.74) is 7.70. The molecular weight excluding hydrogens is 633 g/mol. The van der Waals surface area contributed by atoms with Crippen LogP contribution in [-0.2, 0) is 0 Å². The number of benzene rings is 7. The van der Waals surface area contributed by atoms with Gasteiger partial charge >= 0.3 is 0 Å². The van der Waals surface area contributed by atoms with Crippen LogP contribution < -0.4 is 0 Å². The Morgan fingerprint density at radius 1 is 0.440 bits per heavy atom. The standard InChI is InChI=1S/C44H26N4OS/c1-4-13-27(14-5-1)41-46-42(28-15-6-2-7-16-28)48-43(47-41)33-21-12-19-30-25-31(23-24-32(30)33)35-26-36-39(45-44(49-36)29-17-8-3-9-18-29)38-34-20-10-11-22-37(34)50-40(35)38/h1-26H. The second-order valence-electron chi connectivity index (χ2n) is 12.2. The van der Waals surface area contributed by atoms with E-state index in [0.717, 1.165) is 60.6 Å². The number of thiophene rings is 1. The molecular formula is C44H26N4OS. The van der Waals surface area contributed by atoms with Gasteiger partial charge in [-0.2, -0.15) is 0 Å². The van der Waals surface area contributed by atoms with Crippen LogP contribution in [0.4, 0.5) is 0 Å². The monoisotopic (exact) mass is 658 g/mol. The molecule has 0 amide bonds. The van der Waals surface area contributed by atoms with Crippen LogP contribution in [0.5, 0.6) is 0 Å². The summed E-state index contributed by atoms with van der Waals surface area (Å²) in [4.78, 5) is 20.0. The Morgan fingerprint density at radius 3 is 1.80 bits per heavy atom. The van der Waals surface area contributed by atoms with E-state index in [1.807, 2.05) is 91.0 Å². The van der Waals surface area contributed by atoms with Crippen LogP contribution in [0.1, 0.15) is 0 Å². The molecule has 3 heterocycles. The molecule has 0 saturated heterocycles. The number of fused-ring (bicyclic) bond motifs is 6. The molecule has 5 nitrogen and oxygen atoms in total. The minimum absolute atomic E-state index is 0.625. The molecule has 10 rings (SSSR count). The molecule has 0 aliphatic carbocycles. The van der Waals surface area contributed by atoms with E-state index in [1.54, 1.807) is 11.3 Å². The molecule has 0 atom stereocenters. The van der Waals surface area contributed by atoms with E-state index in [4.69, 9.17) is 24.4 Å². The largest absolute Gasteiger partial charge is 0.436 e. The predicted octanol–water partition coefficient (Wildman–Crippen LogP) is 11.9. The van der Waals surface area contributed by atoms with Crippen molar-refractivity contribution in [2.24, 2.45) is 0 Å². The van der Waals surface area contributed by atoms with E-state index in [2.05, 4.69) is 66.7 Å². The Balaban J connectivity index is 1.16. The lowest BCUT2D eigenvalue weighted by Gasteiger charge is -2.11. The van der Waals surface area contributed by atoms with Gasteiger partial charge in [0.15, 0.2) is 23.1 Å². The van der Waals surface area contributed by atoms with E-state index in [-0.39, 0.29) is 0 Å². The maximum Gasteiger partial charge on any atom is 0.227 e. The molecule has 0 N–H and O–H groups in total. The number of hydrogen-bond donors (Lipinski definition) is 0. The van der Waals surface area contributed by atoms with Crippen molar-refractivity contribution in [2.75, 3.05) is 0 Å². The molecule has 0 aliphatic heterocycles. The van der Waals surface area contributed by atoms with Gasteiger partial charge in [0.05, 0.1) is 0 Å². The first-order valence-corrected chi connectivity index (χ1v) is 17.3. The van der Waals surface area contributed by atoms with Crippen LogP contribution >= 0.6 is 11.3 Å². The summed E-state index contributed by atoms with van der Waals surface area (Å²) in [6.45, 7) is 0. The minimum Gasteiger partial charge on any atom is -0.436 e. The van der Waals surface area contributed by atoms with Gasteiger partial charge in [0, 0.05) is 48.0 Å². The fourth-order valence-corrected chi connectivity index (χ4v) is 8.01. The molecule has 0 fully saturated rings. The number of hydrogen-bond acceptors (Lipinski definition) is 6. The molecule has 7 aromatic carbocycles. The molecule has 0 aliphatic rings. The number of aromatic nitrogens is 4. The molecule has 0 spiro atoms. The van der Waals surface area contributed by atoms with Gasteiger partial charge in [-0.1, -0.05) is 127 Å². The third-order valence-corrected chi connectivity index (χ3v) is 10.4. The van der Waals surface area contributed by atoms with Crippen molar-refractivity contribution in [2.45, 2.75) is 0 Å². The highest BCUT2D eigenvalue weighted by atomic mass is 32.1. The second-order valence-corrected chi connectivity index (χ2v) is 13.3. The van der Waals surface area contributed by atoms with Crippen LogP contribution in [0.3, 0.4) is 0 Å². The molecule has 10 aromatic rings. The summed E-state index contributed by atoms with van der Waals surface area (Å²) >= 11 is 1.80. The lowest BCUT2D eigenvalue weighted by Crippen LogP contribution is -2.00. The summed E-state index contributed by atoms with van der Waals surface area (Å²) in [6, 6.07) is 53.9. The predicted molar refractivity (Wildman–Crippen MR) is 205 cm³/mol. The highest BCUT2D eigenvalue weighted by Gasteiger charge is 2.20. The minimum atomic E-state index is 0.625. The van der Waals surface area contributed by atoms with Crippen LogP contribution in [0.25, 0.3) is 98.8 Å². The van der Waals surface area contributed by atoms with Crippen molar-refractivity contribution in [3.63, 3.8) is 0 Å². The van der Waals surface area contributed by atoms with Crippen molar-refractivity contribution in [1.82, 2.24) is 19.9 Å². The van der Waals surface area contributed by atoms with Gasteiger partial charge < -0.3 is 4.42 Å². The highest BCUT2D eigenvalue weighted by Crippen LogP contribution is 2.45. The Labute approximate surface area is 291 Å². The zero-order valence-corrected chi connectivity index (χ0v) is 27.4. The van der Waals surface area contributed by atoms with E-state index < -0.39 is 0 Å². The molecule has 0 bridgehead atoms. The maximum atomic E-state index is 6.47. The maximum absolute atomic E-state index is 6.47. The zero-order valence-electron chi connectivity index (χ0n) is 26.6. The van der Waals surface area contributed by atoms with Gasteiger partial charge in [-0.3, -0.25) is 0 Å². The molecule has 3 aromatic heterocycles. The van der Waals surface area contributed by atoms with Crippen molar-refractivity contribution in [1.29, 1.82) is 0 Å². The molecule has 50 heavy (non-hydrogen) atoms. The first-order chi connectivity index (χ1) is 24.8. The molecule has 0 unspecified atom stereocenters. The topological polar surface area (TPSA) is 64.7 Å². The fourth-order valence-electron chi connectivity index (χ4n) is 6.77. The van der Waals surface area contributed by atoms with Crippen molar-refractivity contribution in [3.05, 3.63) is 158 Å². The molecule has 0 radical (unpaired) electrons. The van der Waals surface area contributed by atoms with Crippen LogP contribution in [-0.4, -0.2) is 19.9 Å². The summed E-state index contributed by atoms with van der Waals surface area (Å²) in [5, 5.41) is 4.48. The Bertz CT molecular complexity index is 2810. The van der Waals surface area contributed by atoms with Crippen molar-refractivity contribution < 1.29 is 4.42 Å². The van der Waals surface area contributed by atoms with E-state index in [1.165, 1.54) is 14.8 Å². The molecule has 234 valence electrons. The molecule has 0 saturated carbocycles. The van der Waals surface area contributed by atoms with E-state index >= 15 is 0 Å². The quantitative estimate of drug-likeness (QED) is 0.184. The number of oxazole rings is 1. The summed E-state index contributed by atoms with van der Waals surface area (Å²) < 4.78 is 8.89. The van der Waals surface area contributed by atoms with Crippen LogP contribution in [0.15, 0.2) is 162 Å². The summed E-state index contributed by atoms with van der Waals surface area (Å²) in [6.07, 6.45) is 0. The van der Waals surface area contributed by atoms with Crippen molar-refractivity contribution in [3.8, 4) is 56.7 Å². The highest BCUT2D eigenvalue weighted by molar-refractivity contribution is 7.26. The zero-order chi connectivity index (χ0) is 33.0. The number of nitrogens with zero attached hydrogens (tertiary/aromatic N) is 4. The van der Waals surface area contributed by atoms with Crippen LogP contribution in [0.2, 0.25) is 0 Å². The van der Waals surface area contributed by atoms with Crippen LogP contribution in [0, 0.1) is 0 Å². The van der Waals surface area contributed by atoms with Gasteiger partial charge in [0.2, 0.25) is 5.89 Å². The normalized spacial score (nSPS) is 11.6. The first kappa shape index (κ1) is 28.5. The van der Waals surface area contributed by atoms with Gasteiger partial charge in [0.25, 0.3) is 0 Å². The Kier molecular flexibility index (Phi) is 6.60.